The third kappa shape index (κ3) is 3.67. The van der Waals surface area contributed by atoms with E-state index in [0.29, 0.717) is 25.9 Å². The molecule has 1 aromatic rings. The first-order valence-corrected chi connectivity index (χ1v) is 7.41. The van der Waals surface area contributed by atoms with Crippen molar-refractivity contribution in [1.29, 1.82) is 5.26 Å². The molecule has 0 saturated carbocycles. The number of hydrogen-bond acceptors (Lipinski definition) is 4. The Morgan fingerprint density at radius 1 is 1.36 bits per heavy atom. The van der Waals surface area contributed by atoms with Gasteiger partial charge in [-0.15, -0.1) is 0 Å². The summed E-state index contributed by atoms with van der Waals surface area (Å²) in [6.45, 7) is 6.60. The van der Waals surface area contributed by atoms with Crippen molar-refractivity contribution in [3.8, 4) is 6.07 Å². The molecule has 0 unspecified atom stereocenters. The summed E-state index contributed by atoms with van der Waals surface area (Å²) in [5.41, 5.74) is -0.621. The van der Waals surface area contributed by atoms with Gasteiger partial charge in [-0.25, -0.2) is 4.79 Å². The first kappa shape index (κ1) is 16.1. The van der Waals surface area contributed by atoms with Gasteiger partial charge >= 0.3 is 6.09 Å². The number of pyridine rings is 1. The maximum atomic E-state index is 12.1. The molecule has 22 heavy (non-hydrogen) atoms. The van der Waals surface area contributed by atoms with Gasteiger partial charge in [-0.3, -0.25) is 4.79 Å². The number of amides is 1. The molecular weight excluding hydrogens is 282 g/mol. The number of ether oxygens (including phenoxy) is 1. The molecule has 1 saturated heterocycles. The summed E-state index contributed by atoms with van der Waals surface area (Å²) in [4.78, 5) is 25.8. The number of likely N-dealkylation sites (tertiary alicyclic amines) is 1. The summed E-state index contributed by atoms with van der Waals surface area (Å²) >= 11 is 0. The van der Waals surface area contributed by atoms with Crippen LogP contribution in [0.2, 0.25) is 0 Å². The van der Waals surface area contributed by atoms with Crippen molar-refractivity contribution in [3.05, 3.63) is 34.2 Å². The van der Waals surface area contributed by atoms with E-state index in [1.54, 1.807) is 21.7 Å². The number of nitriles is 1. The van der Waals surface area contributed by atoms with Crippen molar-refractivity contribution in [1.82, 2.24) is 9.47 Å². The largest absolute Gasteiger partial charge is 0.444 e. The van der Waals surface area contributed by atoms with Gasteiger partial charge in [0.05, 0.1) is 0 Å². The highest BCUT2D eigenvalue weighted by Crippen LogP contribution is 2.22. The molecule has 1 fully saturated rings. The van der Waals surface area contributed by atoms with E-state index >= 15 is 0 Å². The number of carbonyl (C=O) groups excluding carboxylic acids is 1. The first-order valence-electron chi connectivity index (χ1n) is 7.41. The highest BCUT2D eigenvalue weighted by molar-refractivity contribution is 5.68. The molecule has 0 bridgehead atoms. The number of rotatable bonds is 1. The van der Waals surface area contributed by atoms with Crippen LogP contribution in [0.3, 0.4) is 0 Å². The Morgan fingerprint density at radius 3 is 2.55 bits per heavy atom. The van der Waals surface area contributed by atoms with Crippen molar-refractivity contribution in [2.24, 2.45) is 0 Å². The molecule has 1 aliphatic rings. The van der Waals surface area contributed by atoms with Crippen molar-refractivity contribution >= 4 is 6.09 Å². The topological polar surface area (TPSA) is 75.3 Å². The van der Waals surface area contributed by atoms with Crippen LogP contribution >= 0.6 is 0 Å². The molecule has 0 spiro atoms. The molecule has 0 aliphatic carbocycles. The van der Waals surface area contributed by atoms with E-state index in [-0.39, 0.29) is 23.3 Å². The fourth-order valence-corrected chi connectivity index (χ4v) is 2.54. The lowest BCUT2D eigenvalue weighted by Crippen LogP contribution is -2.43. The first-order chi connectivity index (χ1) is 10.3. The highest BCUT2D eigenvalue weighted by atomic mass is 16.6. The Bertz CT molecular complexity index is 644. The van der Waals surface area contributed by atoms with Crippen molar-refractivity contribution in [2.75, 3.05) is 13.1 Å². The molecule has 0 aromatic carbocycles. The molecule has 0 atom stereocenters. The van der Waals surface area contributed by atoms with E-state index < -0.39 is 5.60 Å². The summed E-state index contributed by atoms with van der Waals surface area (Å²) < 4.78 is 6.96. The van der Waals surface area contributed by atoms with Crippen LogP contribution in [0.1, 0.15) is 45.2 Å². The fourth-order valence-electron chi connectivity index (χ4n) is 2.54. The van der Waals surface area contributed by atoms with Gasteiger partial charge in [0.15, 0.2) is 0 Å². The lowest BCUT2D eigenvalue weighted by molar-refractivity contribution is 0.0187. The van der Waals surface area contributed by atoms with E-state index in [0.717, 1.165) is 0 Å². The second-order valence-electron chi connectivity index (χ2n) is 6.44. The van der Waals surface area contributed by atoms with E-state index in [2.05, 4.69) is 0 Å². The third-order valence-corrected chi connectivity index (χ3v) is 3.60. The molecule has 2 rings (SSSR count). The zero-order valence-corrected chi connectivity index (χ0v) is 13.2. The minimum absolute atomic E-state index is 0.0134. The standard InChI is InChI=1S/C16H21N3O3/c1-16(2,3)22-15(21)18-9-6-13(7-10-18)19-8-4-5-12(11-17)14(19)20/h4-5,8,13H,6-7,9-10H2,1-3H3. The van der Waals surface area contributed by atoms with Crippen LogP contribution in [0.25, 0.3) is 0 Å². The van der Waals surface area contributed by atoms with Gasteiger partial charge in [0.2, 0.25) is 0 Å². The maximum absolute atomic E-state index is 12.1. The van der Waals surface area contributed by atoms with Crippen LogP contribution in [-0.2, 0) is 4.74 Å². The lowest BCUT2D eigenvalue weighted by Gasteiger charge is -2.34. The molecule has 1 aliphatic heterocycles. The van der Waals surface area contributed by atoms with Crippen molar-refractivity contribution in [2.45, 2.75) is 45.3 Å². The van der Waals surface area contributed by atoms with Gasteiger partial charge in [0.1, 0.15) is 17.2 Å². The molecule has 118 valence electrons. The van der Waals surface area contributed by atoms with Gasteiger partial charge < -0.3 is 14.2 Å². The molecule has 1 amide bonds. The highest BCUT2D eigenvalue weighted by Gasteiger charge is 2.27. The van der Waals surface area contributed by atoms with Crippen molar-refractivity contribution in [3.63, 3.8) is 0 Å². The fraction of sp³-hybridized carbons (Fsp3) is 0.562. The molecule has 6 heteroatoms. The number of carbonyl (C=O) groups is 1. The van der Waals surface area contributed by atoms with Crippen LogP contribution in [0.15, 0.2) is 23.1 Å². The SMILES string of the molecule is CC(C)(C)OC(=O)N1CCC(n2cccc(C#N)c2=O)CC1. The molecule has 0 radical (unpaired) electrons. The van der Waals surface area contributed by atoms with Crippen LogP contribution in [0.4, 0.5) is 4.79 Å². The number of nitrogens with zero attached hydrogens (tertiary/aromatic N) is 3. The van der Waals surface area contributed by atoms with E-state index in [1.807, 2.05) is 26.8 Å². The van der Waals surface area contributed by atoms with Crippen LogP contribution in [-0.4, -0.2) is 34.3 Å². The Hall–Kier alpha value is -2.29. The van der Waals surface area contributed by atoms with Gasteiger partial charge in [-0.2, -0.15) is 5.26 Å². The Labute approximate surface area is 129 Å². The number of piperidine rings is 1. The normalized spacial score (nSPS) is 16.2. The molecule has 1 aromatic heterocycles. The maximum Gasteiger partial charge on any atom is 0.410 e. The molecular formula is C16H21N3O3. The summed E-state index contributed by atoms with van der Waals surface area (Å²) in [5, 5.41) is 8.93. The second kappa shape index (κ2) is 6.22. The number of hydrogen-bond donors (Lipinski definition) is 0. The minimum Gasteiger partial charge on any atom is -0.444 e. The molecule has 6 nitrogen and oxygen atoms in total. The van der Waals surface area contributed by atoms with Crippen LogP contribution in [0.5, 0.6) is 0 Å². The quantitative estimate of drug-likeness (QED) is 0.797. The molecule has 2 heterocycles. The number of aromatic nitrogens is 1. The zero-order chi connectivity index (χ0) is 16.3. The van der Waals surface area contributed by atoms with E-state index in [1.165, 1.54) is 6.07 Å². The van der Waals surface area contributed by atoms with Gasteiger partial charge in [0.25, 0.3) is 5.56 Å². The smallest absolute Gasteiger partial charge is 0.410 e. The van der Waals surface area contributed by atoms with Gasteiger partial charge in [0, 0.05) is 25.3 Å². The molecule has 0 N–H and O–H groups in total. The van der Waals surface area contributed by atoms with Gasteiger partial charge in [-0.1, -0.05) is 0 Å². The Balaban J connectivity index is 2.03. The third-order valence-electron chi connectivity index (χ3n) is 3.60. The lowest BCUT2D eigenvalue weighted by atomic mass is 10.0. The van der Waals surface area contributed by atoms with Crippen LogP contribution < -0.4 is 5.56 Å². The summed E-state index contributed by atoms with van der Waals surface area (Å²) in [5.74, 6) is 0. The zero-order valence-electron chi connectivity index (χ0n) is 13.2. The predicted molar refractivity (Wildman–Crippen MR) is 81.5 cm³/mol. The average Bonchev–Trinajstić information content (AvgIpc) is 2.46. The van der Waals surface area contributed by atoms with Crippen molar-refractivity contribution < 1.29 is 9.53 Å². The Kier molecular flexibility index (Phi) is 4.55. The van der Waals surface area contributed by atoms with Gasteiger partial charge in [-0.05, 0) is 45.7 Å². The minimum atomic E-state index is -0.508. The van der Waals surface area contributed by atoms with E-state index in [9.17, 15) is 9.59 Å². The summed E-state index contributed by atoms with van der Waals surface area (Å²) in [7, 11) is 0. The van der Waals surface area contributed by atoms with E-state index in [4.69, 9.17) is 10.00 Å². The monoisotopic (exact) mass is 303 g/mol. The summed E-state index contributed by atoms with van der Waals surface area (Å²) in [6.07, 6.45) is 2.74. The second-order valence-corrected chi connectivity index (χ2v) is 6.44. The average molecular weight is 303 g/mol. The Morgan fingerprint density at radius 2 is 2.00 bits per heavy atom. The summed E-state index contributed by atoms with van der Waals surface area (Å²) in [6, 6.07) is 5.15. The van der Waals surface area contributed by atoms with Crippen LogP contribution in [0, 0.1) is 11.3 Å². The predicted octanol–water partition coefficient (Wildman–Crippen LogP) is 2.29.